The highest BCUT2D eigenvalue weighted by Crippen LogP contribution is 2.29. The van der Waals surface area contributed by atoms with Crippen molar-refractivity contribution in [3.8, 4) is 0 Å². The van der Waals surface area contributed by atoms with Crippen molar-refractivity contribution in [2.24, 2.45) is 5.41 Å². The molecule has 0 aromatic rings. The van der Waals surface area contributed by atoms with Crippen molar-refractivity contribution < 1.29 is 9.53 Å². The Kier molecular flexibility index (Phi) is 13.6. The Labute approximate surface area is 147 Å². The number of methoxy groups -OCH3 is 1. The molecular formula is C15H33Cl2N3O2. The third-order valence-corrected chi connectivity index (χ3v) is 4.56. The van der Waals surface area contributed by atoms with E-state index >= 15 is 0 Å². The minimum Gasteiger partial charge on any atom is -0.384 e. The van der Waals surface area contributed by atoms with E-state index in [1.807, 2.05) is 0 Å². The molecule has 0 aromatic heterocycles. The molecule has 1 atom stereocenters. The maximum atomic E-state index is 12.5. The molecule has 5 nitrogen and oxygen atoms in total. The number of halogens is 2. The van der Waals surface area contributed by atoms with Gasteiger partial charge in [0.15, 0.2) is 0 Å². The van der Waals surface area contributed by atoms with Gasteiger partial charge in [0.2, 0.25) is 5.91 Å². The van der Waals surface area contributed by atoms with E-state index in [0.29, 0.717) is 19.2 Å². The molecule has 0 radical (unpaired) electrons. The van der Waals surface area contributed by atoms with Crippen molar-refractivity contribution in [3.05, 3.63) is 0 Å². The molecule has 1 saturated heterocycles. The molecule has 0 saturated carbocycles. The quantitative estimate of drug-likeness (QED) is 0.693. The summed E-state index contributed by atoms with van der Waals surface area (Å²) in [5.74, 6) is 0.151. The van der Waals surface area contributed by atoms with E-state index < -0.39 is 0 Å². The van der Waals surface area contributed by atoms with Crippen LogP contribution in [-0.4, -0.2) is 63.8 Å². The first kappa shape index (κ1) is 24.2. The van der Waals surface area contributed by atoms with Crippen LogP contribution in [0.5, 0.6) is 0 Å². The van der Waals surface area contributed by atoms with Gasteiger partial charge >= 0.3 is 0 Å². The Morgan fingerprint density at radius 1 is 1.36 bits per heavy atom. The SMILES string of the molecule is CCC(C)N(C)CCNC(=O)C1(COC)CCNCC1.Cl.Cl. The van der Waals surface area contributed by atoms with Crippen molar-refractivity contribution in [2.75, 3.05) is 46.9 Å². The zero-order chi connectivity index (χ0) is 15.0. The van der Waals surface area contributed by atoms with Crippen LogP contribution in [0.1, 0.15) is 33.1 Å². The lowest BCUT2D eigenvalue weighted by Gasteiger charge is -2.35. The van der Waals surface area contributed by atoms with E-state index in [1.165, 1.54) is 0 Å². The van der Waals surface area contributed by atoms with Crippen molar-refractivity contribution in [1.82, 2.24) is 15.5 Å². The lowest BCUT2D eigenvalue weighted by molar-refractivity contribution is -0.136. The molecule has 0 aromatic carbocycles. The molecule has 1 unspecified atom stereocenters. The van der Waals surface area contributed by atoms with Gasteiger partial charge in [-0.3, -0.25) is 4.79 Å². The molecular weight excluding hydrogens is 325 g/mol. The second-order valence-corrected chi connectivity index (χ2v) is 5.96. The van der Waals surface area contributed by atoms with Gasteiger partial charge in [-0.25, -0.2) is 0 Å². The van der Waals surface area contributed by atoms with Crippen LogP contribution >= 0.6 is 24.8 Å². The van der Waals surface area contributed by atoms with E-state index in [1.54, 1.807) is 7.11 Å². The fourth-order valence-electron chi connectivity index (χ4n) is 2.68. The van der Waals surface area contributed by atoms with Crippen LogP contribution in [0.4, 0.5) is 0 Å². The molecule has 1 amide bonds. The summed E-state index contributed by atoms with van der Waals surface area (Å²) >= 11 is 0. The number of piperidine rings is 1. The van der Waals surface area contributed by atoms with Crippen molar-refractivity contribution in [3.63, 3.8) is 0 Å². The van der Waals surface area contributed by atoms with Crippen LogP contribution in [-0.2, 0) is 9.53 Å². The van der Waals surface area contributed by atoms with Crippen molar-refractivity contribution in [2.45, 2.75) is 39.2 Å². The summed E-state index contributed by atoms with van der Waals surface area (Å²) in [7, 11) is 3.78. The summed E-state index contributed by atoms with van der Waals surface area (Å²) < 4.78 is 5.29. The second-order valence-electron chi connectivity index (χ2n) is 5.96. The minimum atomic E-state index is -0.338. The number of ether oxygens (including phenoxy) is 1. The lowest BCUT2D eigenvalue weighted by atomic mass is 9.78. The largest absolute Gasteiger partial charge is 0.384 e. The first-order valence-corrected chi connectivity index (χ1v) is 7.74. The van der Waals surface area contributed by atoms with Crippen LogP contribution in [0.2, 0.25) is 0 Å². The number of carbonyl (C=O) groups is 1. The molecule has 1 fully saturated rings. The first-order chi connectivity index (χ1) is 9.55. The molecule has 1 aliphatic rings. The standard InChI is InChI=1S/C15H31N3O2.2ClH/c1-5-13(2)18(3)11-10-17-14(19)15(12-20-4)6-8-16-9-7-15;;/h13,16H,5-12H2,1-4H3,(H,17,19);2*1H. The maximum Gasteiger partial charge on any atom is 0.228 e. The minimum absolute atomic E-state index is 0. The van der Waals surface area contributed by atoms with Gasteiger partial charge < -0.3 is 20.3 Å². The molecule has 134 valence electrons. The Balaban J connectivity index is 0. The topological polar surface area (TPSA) is 53.6 Å². The van der Waals surface area contributed by atoms with Gasteiger partial charge in [-0.2, -0.15) is 0 Å². The second kappa shape index (κ2) is 12.4. The molecule has 1 rings (SSSR count). The Hall–Kier alpha value is -0.0700. The summed E-state index contributed by atoms with van der Waals surface area (Å²) in [5.41, 5.74) is -0.338. The van der Waals surface area contributed by atoms with Gasteiger partial charge in [0, 0.05) is 26.2 Å². The number of nitrogens with one attached hydrogen (secondary N) is 2. The number of hydrogen-bond acceptors (Lipinski definition) is 4. The first-order valence-electron chi connectivity index (χ1n) is 7.74. The highest BCUT2D eigenvalue weighted by Gasteiger charge is 2.39. The highest BCUT2D eigenvalue weighted by atomic mass is 35.5. The lowest BCUT2D eigenvalue weighted by Crippen LogP contribution is -2.51. The highest BCUT2D eigenvalue weighted by molar-refractivity contribution is 5.85. The number of hydrogen-bond donors (Lipinski definition) is 2. The van der Waals surface area contributed by atoms with Gasteiger partial charge in [0.25, 0.3) is 0 Å². The zero-order valence-corrected chi connectivity index (χ0v) is 15.9. The van der Waals surface area contributed by atoms with E-state index in [4.69, 9.17) is 4.74 Å². The average Bonchev–Trinajstić information content (AvgIpc) is 2.47. The molecule has 0 aliphatic carbocycles. The van der Waals surface area contributed by atoms with Crippen molar-refractivity contribution in [1.29, 1.82) is 0 Å². The summed E-state index contributed by atoms with van der Waals surface area (Å²) in [4.78, 5) is 14.8. The molecule has 7 heteroatoms. The van der Waals surface area contributed by atoms with E-state index in [9.17, 15) is 4.79 Å². The van der Waals surface area contributed by atoms with Gasteiger partial charge in [-0.15, -0.1) is 24.8 Å². The molecule has 1 heterocycles. The molecule has 0 bridgehead atoms. The third kappa shape index (κ3) is 7.01. The third-order valence-electron chi connectivity index (χ3n) is 4.56. The summed E-state index contributed by atoms with van der Waals surface area (Å²) in [6.07, 6.45) is 2.84. The molecule has 22 heavy (non-hydrogen) atoms. The number of nitrogens with zero attached hydrogens (tertiary/aromatic N) is 1. The molecule has 1 aliphatic heterocycles. The molecule has 2 N–H and O–H groups in total. The van der Waals surface area contributed by atoms with E-state index in [0.717, 1.165) is 38.9 Å². The Morgan fingerprint density at radius 3 is 2.45 bits per heavy atom. The van der Waals surface area contributed by atoms with E-state index in [2.05, 4.69) is 36.4 Å². The zero-order valence-electron chi connectivity index (χ0n) is 14.3. The van der Waals surface area contributed by atoms with Gasteiger partial charge in [0.05, 0.1) is 12.0 Å². The van der Waals surface area contributed by atoms with Crippen LogP contribution in [0.25, 0.3) is 0 Å². The predicted molar refractivity (Wildman–Crippen MR) is 96.3 cm³/mol. The summed E-state index contributed by atoms with van der Waals surface area (Å²) in [5, 5.41) is 6.41. The van der Waals surface area contributed by atoms with Crippen LogP contribution in [0.15, 0.2) is 0 Å². The predicted octanol–water partition coefficient (Wildman–Crippen LogP) is 1.69. The van der Waals surface area contributed by atoms with Gasteiger partial charge in [-0.05, 0) is 46.3 Å². The number of likely N-dealkylation sites (N-methyl/N-ethyl adjacent to an activating group) is 1. The fraction of sp³-hybridized carbons (Fsp3) is 0.933. The van der Waals surface area contributed by atoms with Crippen molar-refractivity contribution >= 4 is 30.7 Å². The normalized spacial score (nSPS) is 18.0. The fourth-order valence-corrected chi connectivity index (χ4v) is 2.68. The smallest absolute Gasteiger partial charge is 0.228 e. The Bertz CT molecular complexity index is 295. The number of amides is 1. The van der Waals surface area contributed by atoms with Crippen LogP contribution in [0.3, 0.4) is 0 Å². The number of carbonyl (C=O) groups excluding carboxylic acids is 1. The monoisotopic (exact) mass is 357 g/mol. The maximum absolute atomic E-state index is 12.5. The van der Waals surface area contributed by atoms with E-state index in [-0.39, 0.29) is 36.1 Å². The van der Waals surface area contributed by atoms with Crippen LogP contribution in [0, 0.1) is 5.41 Å². The van der Waals surface area contributed by atoms with Crippen LogP contribution < -0.4 is 10.6 Å². The number of rotatable bonds is 8. The summed E-state index contributed by atoms with van der Waals surface area (Å²) in [6, 6.07) is 0.554. The summed E-state index contributed by atoms with van der Waals surface area (Å²) in [6.45, 7) is 8.29. The van der Waals surface area contributed by atoms with Gasteiger partial charge in [0.1, 0.15) is 0 Å². The van der Waals surface area contributed by atoms with Gasteiger partial charge in [-0.1, -0.05) is 6.92 Å². The average molecular weight is 358 g/mol. The molecule has 0 spiro atoms. The Morgan fingerprint density at radius 2 is 1.95 bits per heavy atom.